The van der Waals surface area contributed by atoms with Gasteiger partial charge in [0.05, 0.1) is 0 Å². The van der Waals surface area contributed by atoms with Gasteiger partial charge in [-0.2, -0.15) is 0 Å². The summed E-state index contributed by atoms with van der Waals surface area (Å²) in [6.07, 6.45) is 10.4. The first-order chi connectivity index (χ1) is 14.7. The molecule has 3 rings (SSSR count). The van der Waals surface area contributed by atoms with E-state index in [1.54, 1.807) is 4.90 Å². The van der Waals surface area contributed by atoms with Gasteiger partial charge < -0.3 is 4.90 Å². The molecule has 0 spiro atoms. The number of carbonyl (C=O) groups is 2. The number of rotatable bonds is 11. The van der Waals surface area contributed by atoms with Gasteiger partial charge in [-0.3, -0.25) is 14.9 Å². The SMILES string of the molecule is CCCCCCCCCC(=O)N1CCCC1C(=O)Nc1nnc(-c2ccccc2)s1. The molecule has 1 atom stereocenters. The van der Waals surface area contributed by atoms with Crippen LogP contribution in [0.5, 0.6) is 0 Å². The minimum Gasteiger partial charge on any atom is -0.331 e. The van der Waals surface area contributed by atoms with Gasteiger partial charge in [0.2, 0.25) is 16.9 Å². The Morgan fingerprint density at radius 3 is 2.57 bits per heavy atom. The van der Waals surface area contributed by atoms with E-state index in [1.165, 1.54) is 43.4 Å². The lowest BCUT2D eigenvalue weighted by Crippen LogP contribution is -2.43. The lowest BCUT2D eigenvalue weighted by Gasteiger charge is -2.23. The van der Waals surface area contributed by atoms with Crippen LogP contribution < -0.4 is 5.32 Å². The molecule has 30 heavy (non-hydrogen) atoms. The van der Waals surface area contributed by atoms with E-state index in [2.05, 4.69) is 22.4 Å². The summed E-state index contributed by atoms with van der Waals surface area (Å²) in [6, 6.07) is 9.38. The Bertz CT molecular complexity index is 809. The number of likely N-dealkylation sites (tertiary alicyclic amines) is 1. The topological polar surface area (TPSA) is 75.2 Å². The molecule has 2 aromatic rings. The average Bonchev–Trinajstić information content (AvgIpc) is 3.43. The second kappa shape index (κ2) is 11.8. The van der Waals surface area contributed by atoms with Gasteiger partial charge in [-0.1, -0.05) is 87.1 Å². The Morgan fingerprint density at radius 2 is 1.80 bits per heavy atom. The van der Waals surface area contributed by atoms with E-state index in [1.807, 2.05) is 30.3 Å². The first-order valence-corrected chi connectivity index (χ1v) is 12.0. The Hall–Kier alpha value is -2.28. The quantitative estimate of drug-likeness (QED) is 0.494. The summed E-state index contributed by atoms with van der Waals surface area (Å²) in [5.74, 6) is -0.0559. The number of hydrogen-bond donors (Lipinski definition) is 1. The summed E-state index contributed by atoms with van der Waals surface area (Å²) in [7, 11) is 0. The van der Waals surface area contributed by atoms with Crippen LogP contribution in [0.25, 0.3) is 10.6 Å². The molecule has 1 N–H and O–H groups in total. The van der Waals surface area contributed by atoms with Crippen molar-refractivity contribution in [2.75, 3.05) is 11.9 Å². The molecule has 2 heterocycles. The van der Waals surface area contributed by atoms with Crippen LogP contribution in [-0.2, 0) is 9.59 Å². The van der Waals surface area contributed by atoms with Crippen LogP contribution in [0.3, 0.4) is 0 Å². The highest BCUT2D eigenvalue weighted by molar-refractivity contribution is 7.18. The van der Waals surface area contributed by atoms with Crippen LogP contribution in [0.2, 0.25) is 0 Å². The van der Waals surface area contributed by atoms with Crippen molar-refractivity contribution < 1.29 is 9.59 Å². The van der Waals surface area contributed by atoms with Gasteiger partial charge in [-0.15, -0.1) is 10.2 Å². The Kier molecular flexibility index (Phi) is 8.81. The van der Waals surface area contributed by atoms with Crippen LogP contribution >= 0.6 is 11.3 Å². The number of hydrogen-bond acceptors (Lipinski definition) is 5. The average molecular weight is 429 g/mol. The van der Waals surface area contributed by atoms with Gasteiger partial charge in [-0.05, 0) is 19.3 Å². The maximum absolute atomic E-state index is 12.8. The number of amides is 2. The molecular formula is C23H32N4O2S. The van der Waals surface area contributed by atoms with E-state index in [0.717, 1.165) is 29.8 Å². The number of aromatic nitrogens is 2. The molecule has 0 saturated carbocycles. The third kappa shape index (κ3) is 6.36. The summed E-state index contributed by atoms with van der Waals surface area (Å²) in [5, 5.41) is 12.4. The zero-order chi connectivity index (χ0) is 21.2. The third-order valence-corrected chi connectivity index (χ3v) is 6.43. The largest absolute Gasteiger partial charge is 0.331 e. The van der Waals surface area contributed by atoms with Crippen molar-refractivity contribution in [2.45, 2.75) is 77.2 Å². The number of anilines is 1. The Morgan fingerprint density at radius 1 is 1.07 bits per heavy atom. The first kappa shape index (κ1) is 22.4. The molecule has 2 amide bonds. The summed E-state index contributed by atoms with van der Waals surface area (Å²) in [4.78, 5) is 27.2. The van der Waals surface area contributed by atoms with Crippen LogP contribution in [0.15, 0.2) is 30.3 Å². The molecule has 1 aliphatic rings. The minimum atomic E-state index is -0.397. The zero-order valence-electron chi connectivity index (χ0n) is 17.8. The summed E-state index contributed by atoms with van der Waals surface area (Å²) >= 11 is 1.35. The molecule has 1 aromatic carbocycles. The second-order valence-electron chi connectivity index (χ2n) is 7.88. The fraction of sp³-hybridized carbons (Fsp3) is 0.565. The zero-order valence-corrected chi connectivity index (χ0v) is 18.6. The molecule has 1 aliphatic heterocycles. The molecule has 1 saturated heterocycles. The van der Waals surface area contributed by atoms with E-state index in [4.69, 9.17) is 0 Å². The van der Waals surface area contributed by atoms with Crippen molar-refractivity contribution in [3.63, 3.8) is 0 Å². The maximum Gasteiger partial charge on any atom is 0.249 e. The fourth-order valence-corrected chi connectivity index (χ4v) is 4.63. The molecule has 1 aromatic heterocycles. The number of carbonyl (C=O) groups excluding carboxylic acids is 2. The van der Waals surface area contributed by atoms with Gasteiger partial charge in [0.1, 0.15) is 11.0 Å². The van der Waals surface area contributed by atoms with E-state index in [0.29, 0.717) is 24.5 Å². The van der Waals surface area contributed by atoms with Crippen molar-refractivity contribution in [1.29, 1.82) is 0 Å². The minimum absolute atomic E-state index is 0.100. The summed E-state index contributed by atoms with van der Waals surface area (Å²) < 4.78 is 0. The normalized spacial score (nSPS) is 16.0. The molecular weight excluding hydrogens is 396 g/mol. The van der Waals surface area contributed by atoms with Crippen LogP contribution in [0.4, 0.5) is 5.13 Å². The molecule has 1 fully saturated rings. The summed E-state index contributed by atoms with van der Waals surface area (Å²) in [5.41, 5.74) is 0.975. The predicted octanol–water partition coefficient (Wildman–Crippen LogP) is 5.28. The highest BCUT2D eigenvalue weighted by atomic mass is 32.1. The van der Waals surface area contributed by atoms with Crippen molar-refractivity contribution in [3.8, 4) is 10.6 Å². The Balaban J connectivity index is 1.46. The highest BCUT2D eigenvalue weighted by Crippen LogP contribution is 2.27. The van der Waals surface area contributed by atoms with Gasteiger partial charge >= 0.3 is 0 Å². The van der Waals surface area contributed by atoms with Crippen molar-refractivity contribution >= 4 is 28.3 Å². The maximum atomic E-state index is 12.8. The summed E-state index contributed by atoms with van der Waals surface area (Å²) in [6.45, 7) is 2.88. The molecule has 162 valence electrons. The van der Waals surface area contributed by atoms with E-state index in [9.17, 15) is 9.59 Å². The van der Waals surface area contributed by atoms with Crippen molar-refractivity contribution in [1.82, 2.24) is 15.1 Å². The van der Waals surface area contributed by atoms with Gasteiger partial charge in [-0.25, -0.2) is 0 Å². The Labute approximate surface area is 183 Å². The van der Waals surface area contributed by atoms with Crippen LogP contribution in [0, 0.1) is 0 Å². The second-order valence-corrected chi connectivity index (χ2v) is 8.86. The number of benzene rings is 1. The number of nitrogens with one attached hydrogen (secondary N) is 1. The molecule has 1 unspecified atom stereocenters. The molecule has 7 heteroatoms. The van der Waals surface area contributed by atoms with Crippen LogP contribution in [-0.4, -0.2) is 39.5 Å². The predicted molar refractivity (Wildman–Crippen MR) is 121 cm³/mol. The smallest absolute Gasteiger partial charge is 0.249 e. The van der Waals surface area contributed by atoms with Crippen LogP contribution in [0.1, 0.15) is 71.1 Å². The van der Waals surface area contributed by atoms with E-state index < -0.39 is 6.04 Å². The van der Waals surface area contributed by atoms with Crippen molar-refractivity contribution in [3.05, 3.63) is 30.3 Å². The first-order valence-electron chi connectivity index (χ1n) is 11.2. The van der Waals surface area contributed by atoms with E-state index >= 15 is 0 Å². The standard InChI is InChI=1S/C23H32N4O2S/c1-2-3-4-5-6-7-11-16-20(28)27-17-12-15-19(27)21(29)24-23-26-25-22(30-23)18-13-9-8-10-14-18/h8-10,13-14,19H,2-7,11-12,15-17H2,1H3,(H,24,26,29). The fourth-order valence-electron chi connectivity index (χ4n) is 3.87. The highest BCUT2D eigenvalue weighted by Gasteiger charge is 2.34. The molecule has 0 aliphatic carbocycles. The van der Waals surface area contributed by atoms with Gasteiger partial charge in [0, 0.05) is 18.5 Å². The lowest BCUT2D eigenvalue weighted by molar-refractivity contribution is -0.136. The monoisotopic (exact) mass is 428 g/mol. The lowest BCUT2D eigenvalue weighted by atomic mass is 10.1. The van der Waals surface area contributed by atoms with Gasteiger partial charge in [0.15, 0.2) is 0 Å². The number of unbranched alkanes of at least 4 members (excludes halogenated alkanes) is 6. The van der Waals surface area contributed by atoms with Crippen molar-refractivity contribution in [2.24, 2.45) is 0 Å². The van der Waals surface area contributed by atoms with E-state index in [-0.39, 0.29) is 11.8 Å². The third-order valence-electron chi connectivity index (χ3n) is 5.55. The molecule has 0 bridgehead atoms. The molecule has 0 radical (unpaired) electrons. The number of nitrogens with zero attached hydrogens (tertiary/aromatic N) is 3. The molecule has 6 nitrogen and oxygen atoms in total. The van der Waals surface area contributed by atoms with Gasteiger partial charge in [0.25, 0.3) is 0 Å².